The van der Waals surface area contributed by atoms with Crippen molar-refractivity contribution in [3.8, 4) is 0 Å². The zero-order valence-corrected chi connectivity index (χ0v) is 12.7. The maximum absolute atomic E-state index is 5.91. The van der Waals surface area contributed by atoms with Gasteiger partial charge in [0.1, 0.15) is 16.7 Å². The van der Waals surface area contributed by atoms with E-state index in [1.165, 1.54) is 0 Å². The highest BCUT2D eigenvalue weighted by molar-refractivity contribution is 9.10. The standard InChI is InChI=1S/C13H14BrN3S/c1-3-11-16-12(15)8(2)13(17-11)18-10-7-5-4-6-9(10)14/h4-7H,3H2,1-2H3,(H2,15,16,17). The predicted octanol–water partition coefficient (Wildman–Crippen LogP) is 3.84. The van der Waals surface area contributed by atoms with Gasteiger partial charge in [0.15, 0.2) is 0 Å². The van der Waals surface area contributed by atoms with Crippen LogP contribution in [0.3, 0.4) is 0 Å². The van der Waals surface area contributed by atoms with Crippen molar-refractivity contribution in [1.29, 1.82) is 0 Å². The first-order chi connectivity index (χ1) is 8.61. The van der Waals surface area contributed by atoms with Crippen LogP contribution in [0.4, 0.5) is 5.82 Å². The van der Waals surface area contributed by atoms with Crippen LogP contribution in [0.2, 0.25) is 0 Å². The van der Waals surface area contributed by atoms with Crippen LogP contribution in [0, 0.1) is 6.92 Å². The Kier molecular flexibility index (Phi) is 4.24. The molecule has 0 amide bonds. The molecule has 0 fully saturated rings. The number of nitrogens with zero attached hydrogens (tertiary/aromatic N) is 2. The van der Waals surface area contributed by atoms with Crippen LogP contribution in [0.5, 0.6) is 0 Å². The molecular weight excluding hydrogens is 310 g/mol. The van der Waals surface area contributed by atoms with E-state index >= 15 is 0 Å². The third-order valence-corrected chi connectivity index (χ3v) is 4.67. The van der Waals surface area contributed by atoms with E-state index in [-0.39, 0.29) is 0 Å². The lowest BCUT2D eigenvalue weighted by Gasteiger charge is -2.09. The quantitative estimate of drug-likeness (QED) is 0.872. The number of benzene rings is 1. The van der Waals surface area contributed by atoms with Gasteiger partial charge >= 0.3 is 0 Å². The first kappa shape index (κ1) is 13.4. The Morgan fingerprint density at radius 3 is 2.67 bits per heavy atom. The molecule has 18 heavy (non-hydrogen) atoms. The molecule has 1 aromatic heterocycles. The van der Waals surface area contributed by atoms with E-state index in [9.17, 15) is 0 Å². The third-order valence-electron chi connectivity index (χ3n) is 2.54. The van der Waals surface area contributed by atoms with Gasteiger partial charge in [-0.05, 0) is 35.0 Å². The minimum atomic E-state index is 0.566. The highest BCUT2D eigenvalue weighted by Crippen LogP contribution is 2.34. The predicted molar refractivity (Wildman–Crippen MR) is 78.8 cm³/mol. The number of anilines is 1. The fraction of sp³-hybridized carbons (Fsp3) is 0.231. The Morgan fingerprint density at radius 1 is 1.28 bits per heavy atom. The summed E-state index contributed by atoms with van der Waals surface area (Å²) in [5.41, 5.74) is 6.85. The van der Waals surface area contributed by atoms with Crippen molar-refractivity contribution in [1.82, 2.24) is 9.97 Å². The second-order valence-electron chi connectivity index (χ2n) is 3.84. The number of nitrogen functional groups attached to an aromatic ring is 1. The van der Waals surface area contributed by atoms with Crippen molar-refractivity contribution < 1.29 is 0 Å². The molecule has 2 rings (SSSR count). The Morgan fingerprint density at radius 2 is 2.00 bits per heavy atom. The van der Waals surface area contributed by atoms with E-state index in [0.717, 1.165) is 32.2 Å². The molecular formula is C13H14BrN3S. The lowest BCUT2D eigenvalue weighted by atomic mass is 10.3. The summed E-state index contributed by atoms with van der Waals surface area (Å²) in [4.78, 5) is 9.92. The molecule has 2 N–H and O–H groups in total. The van der Waals surface area contributed by atoms with Crippen LogP contribution < -0.4 is 5.73 Å². The molecule has 0 saturated carbocycles. The minimum absolute atomic E-state index is 0.566. The average molecular weight is 324 g/mol. The first-order valence-electron chi connectivity index (χ1n) is 5.67. The van der Waals surface area contributed by atoms with Gasteiger partial charge in [0.05, 0.1) is 0 Å². The highest BCUT2D eigenvalue weighted by Gasteiger charge is 2.10. The topological polar surface area (TPSA) is 51.8 Å². The summed E-state index contributed by atoms with van der Waals surface area (Å²) < 4.78 is 1.06. The van der Waals surface area contributed by atoms with Crippen LogP contribution in [-0.4, -0.2) is 9.97 Å². The molecule has 2 aromatic rings. The van der Waals surface area contributed by atoms with Gasteiger partial charge in [-0.25, -0.2) is 9.97 Å². The first-order valence-corrected chi connectivity index (χ1v) is 7.28. The molecule has 0 saturated heterocycles. The number of aryl methyl sites for hydroxylation is 1. The van der Waals surface area contributed by atoms with Crippen LogP contribution in [0.1, 0.15) is 18.3 Å². The van der Waals surface area contributed by atoms with Crippen molar-refractivity contribution in [3.05, 3.63) is 40.1 Å². The van der Waals surface area contributed by atoms with Crippen LogP contribution in [0.15, 0.2) is 38.7 Å². The molecule has 0 atom stereocenters. The molecule has 0 spiro atoms. The zero-order valence-electron chi connectivity index (χ0n) is 10.3. The Balaban J connectivity index is 2.40. The molecule has 0 aliphatic rings. The molecule has 0 aliphatic carbocycles. The van der Waals surface area contributed by atoms with Gasteiger partial charge in [-0.1, -0.05) is 30.8 Å². The number of aromatic nitrogens is 2. The van der Waals surface area contributed by atoms with E-state index in [1.807, 2.05) is 32.0 Å². The fourth-order valence-electron chi connectivity index (χ4n) is 1.45. The minimum Gasteiger partial charge on any atom is -0.383 e. The molecule has 3 nitrogen and oxygen atoms in total. The van der Waals surface area contributed by atoms with Crippen LogP contribution >= 0.6 is 27.7 Å². The van der Waals surface area contributed by atoms with E-state index in [0.29, 0.717) is 5.82 Å². The van der Waals surface area contributed by atoms with E-state index in [4.69, 9.17) is 5.73 Å². The van der Waals surface area contributed by atoms with Gasteiger partial charge in [-0.15, -0.1) is 0 Å². The Labute approximate surface area is 119 Å². The van der Waals surface area contributed by atoms with Crippen molar-refractivity contribution >= 4 is 33.5 Å². The van der Waals surface area contributed by atoms with Crippen LogP contribution in [0.25, 0.3) is 0 Å². The van der Waals surface area contributed by atoms with Gasteiger partial charge in [0, 0.05) is 21.4 Å². The maximum Gasteiger partial charge on any atom is 0.131 e. The summed E-state index contributed by atoms with van der Waals surface area (Å²) in [6.07, 6.45) is 0.786. The molecule has 1 aromatic carbocycles. The van der Waals surface area contributed by atoms with Crippen LogP contribution in [-0.2, 0) is 6.42 Å². The average Bonchev–Trinajstić information content (AvgIpc) is 2.37. The Hall–Kier alpha value is -1.07. The molecule has 94 valence electrons. The SMILES string of the molecule is CCc1nc(N)c(C)c(Sc2ccccc2Br)n1. The van der Waals surface area contributed by atoms with Gasteiger partial charge in [-0.3, -0.25) is 0 Å². The summed E-state index contributed by atoms with van der Waals surface area (Å²) >= 11 is 5.14. The monoisotopic (exact) mass is 323 g/mol. The molecule has 1 heterocycles. The summed E-state index contributed by atoms with van der Waals surface area (Å²) in [7, 11) is 0. The Bertz CT molecular complexity index is 572. The fourth-order valence-corrected chi connectivity index (χ4v) is 2.90. The van der Waals surface area contributed by atoms with E-state index in [2.05, 4.69) is 32.0 Å². The summed E-state index contributed by atoms with van der Waals surface area (Å²) in [5.74, 6) is 1.35. The number of hydrogen-bond donors (Lipinski definition) is 1. The second-order valence-corrected chi connectivity index (χ2v) is 5.73. The van der Waals surface area contributed by atoms with E-state index in [1.54, 1.807) is 11.8 Å². The van der Waals surface area contributed by atoms with Gasteiger partial charge in [0.2, 0.25) is 0 Å². The largest absolute Gasteiger partial charge is 0.383 e. The van der Waals surface area contributed by atoms with Gasteiger partial charge in [0.25, 0.3) is 0 Å². The second kappa shape index (κ2) is 5.71. The number of hydrogen-bond acceptors (Lipinski definition) is 4. The number of nitrogens with two attached hydrogens (primary N) is 1. The van der Waals surface area contributed by atoms with E-state index < -0.39 is 0 Å². The summed E-state index contributed by atoms with van der Waals surface area (Å²) in [6, 6.07) is 8.07. The van der Waals surface area contributed by atoms with Crippen molar-refractivity contribution in [2.75, 3.05) is 5.73 Å². The van der Waals surface area contributed by atoms with Gasteiger partial charge < -0.3 is 5.73 Å². The highest BCUT2D eigenvalue weighted by atomic mass is 79.9. The molecule has 0 aliphatic heterocycles. The van der Waals surface area contributed by atoms with Crippen molar-refractivity contribution in [2.24, 2.45) is 0 Å². The zero-order chi connectivity index (χ0) is 13.1. The lowest BCUT2D eigenvalue weighted by molar-refractivity contribution is 0.878. The molecule has 5 heteroatoms. The number of rotatable bonds is 3. The molecule has 0 unspecified atom stereocenters. The normalized spacial score (nSPS) is 10.6. The van der Waals surface area contributed by atoms with Crippen molar-refractivity contribution in [3.63, 3.8) is 0 Å². The third kappa shape index (κ3) is 2.84. The summed E-state index contributed by atoms with van der Waals surface area (Å²) in [5, 5.41) is 0.922. The molecule has 0 radical (unpaired) electrons. The molecule has 0 bridgehead atoms. The maximum atomic E-state index is 5.91. The van der Waals surface area contributed by atoms with Gasteiger partial charge in [-0.2, -0.15) is 0 Å². The smallest absolute Gasteiger partial charge is 0.131 e. The summed E-state index contributed by atoms with van der Waals surface area (Å²) in [6.45, 7) is 3.98. The lowest BCUT2D eigenvalue weighted by Crippen LogP contribution is -2.03. The van der Waals surface area contributed by atoms with Crippen molar-refractivity contribution in [2.45, 2.75) is 30.2 Å². The number of halogens is 1.